The zero-order valence-electron chi connectivity index (χ0n) is 14.6. The summed E-state index contributed by atoms with van der Waals surface area (Å²) < 4.78 is 3.03. The van der Waals surface area contributed by atoms with Crippen LogP contribution in [0, 0.1) is 0 Å². The largest absolute Gasteiger partial charge is 0.331 e. The summed E-state index contributed by atoms with van der Waals surface area (Å²) in [6.07, 6.45) is 5.54. The summed E-state index contributed by atoms with van der Waals surface area (Å²) in [4.78, 5) is 13.6. The van der Waals surface area contributed by atoms with Gasteiger partial charge in [0.25, 0.3) is 0 Å². The number of fused-ring (bicyclic) bond motifs is 1. The Kier molecular flexibility index (Phi) is 4.98. The van der Waals surface area contributed by atoms with E-state index >= 15 is 0 Å². The number of hydrogen-bond donors (Lipinski definition) is 2. The zero-order valence-corrected chi connectivity index (χ0v) is 16.2. The molecule has 0 bridgehead atoms. The van der Waals surface area contributed by atoms with Crippen LogP contribution in [0.1, 0.15) is 17.4 Å². The molecule has 4 N–H and O–H groups in total. The molecule has 0 aliphatic carbocycles. The van der Waals surface area contributed by atoms with Crippen molar-refractivity contribution in [1.29, 1.82) is 0 Å². The van der Waals surface area contributed by atoms with Crippen LogP contribution in [0.2, 0.25) is 0 Å². The average molecular weight is 423 g/mol. The second kappa shape index (κ2) is 7.56. The van der Waals surface area contributed by atoms with Gasteiger partial charge in [-0.3, -0.25) is 0 Å². The number of aromatic nitrogens is 4. The highest BCUT2D eigenvalue weighted by atomic mass is 79.9. The van der Waals surface area contributed by atoms with Crippen molar-refractivity contribution in [3.8, 4) is 11.3 Å². The summed E-state index contributed by atoms with van der Waals surface area (Å²) in [5, 5.41) is 1.03. The molecule has 0 aliphatic heterocycles. The van der Waals surface area contributed by atoms with Gasteiger partial charge in [0, 0.05) is 47.1 Å². The van der Waals surface area contributed by atoms with Gasteiger partial charge >= 0.3 is 0 Å². The predicted octanol–water partition coefficient (Wildman–Crippen LogP) is 3.26. The van der Waals surface area contributed by atoms with Gasteiger partial charge in [0.15, 0.2) is 0 Å². The summed E-state index contributed by atoms with van der Waals surface area (Å²) in [6, 6.07) is 13.4. The molecule has 1 unspecified atom stereocenters. The van der Waals surface area contributed by atoms with Crippen molar-refractivity contribution in [2.24, 2.45) is 11.5 Å². The molecule has 4 rings (SSSR count). The van der Waals surface area contributed by atoms with Gasteiger partial charge in [0.05, 0.1) is 11.7 Å². The lowest BCUT2D eigenvalue weighted by Crippen LogP contribution is -2.15. The fourth-order valence-electron chi connectivity index (χ4n) is 3.16. The smallest absolute Gasteiger partial charge is 0.150 e. The van der Waals surface area contributed by atoms with Gasteiger partial charge in [-0.05, 0) is 35.9 Å². The molecular weight excluding hydrogens is 404 g/mol. The predicted molar refractivity (Wildman–Crippen MR) is 110 cm³/mol. The van der Waals surface area contributed by atoms with Crippen LogP contribution in [-0.4, -0.2) is 26.1 Å². The molecule has 4 aromatic rings. The SMILES string of the molecule is NCCn1ccc2c(-c3ccnc(C(N)c4cccc(Br)c4)n3)ccnc21. The quantitative estimate of drug-likeness (QED) is 0.514. The number of nitrogens with two attached hydrogens (primary N) is 2. The van der Waals surface area contributed by atoms with E-state index in [1.165, 1.54) is 0 Å². The number of benzene rings is 1. The molecule has 0 spiro atoms. The van der Waals surface area contributed by atoms with Crippen LogP contribution in [0.4, 0.5) is 0 Å². The van der Waals surface area contributed by atoms with Crippen LogP contribution in [-0.2, 0) is 6.54 Å². The Bertz CT molecular complexity index is 1090. The molecule has 27 heavy (non-hydrogen) atoms. The fraction of sp³-hybridized carbons (Fsp3) is 0.150. The molecule has 3 heterocycles. The minimum atomic E-state index is -0.401. The first-order chi connectivity index (χ1) is 13.2. The standard InChI is InChI=1S/C20H19BrN6/c21-14-3-1-2-13(12-14)18(23)19-24-9-5-17(26-19)15-4-8-25-20-16(15)6-10-27(20)11-7-22/h1-6,8-10,12,18H,7,11,22-23H2. The molecule has 1 atom stereocenters. The number of halogens is 1. The summed E-state index contributed by atoms with van der Waals surface area (Å²) >= 11 is 3.48. The lowest BCUT2D eigenvalue weighted by molar-refractivity contribution is 0.728. The average Bonchev–Trinajstić information content (AvgIpc) is 3.11. The number of pyridine rings is 1. The highest BCUT2D eigenvalue weighted by Crippen LogP contribution is 2.28. The molecule has 1 aromatic carbocycles. The second-order valence-electron chi connectivity index (χ2n) is 6.23. The van der Waals surface area contributed by atoms with Gasteiger partial charge < -0.3 is 16.0 Å². The molecule has 0 saturated heterocycles. The zero-order chi connectivity index (χ0) is 18.8. The molecule has 7 heteroatoms. The van der Waals surface area contributed by atoms with Gasteiger partial charge in [-0.2, -0.15) is 0 Å². The first kappa shape index (κ1) is 17.8. The normalized spacial score (nSPS) is 12.4. The van der Waals surface area contributed by atoms with Crippen molar-refractivity contribution in [3.05, 3.63) is 76.9 Å². The molecule has 0 fully saturated rings. The minimum absolute atomic E-state index is 0.401. The Morgan fingerprint density at radius 1 is 1.07 bits per heavy atom. The lowest BCUT2D eigenvalue weighted by Gasteiger charge is -2.12. The van der Waals surface area contributed by atoms with Crippen molar-refractivity contribution in [3.63, 3.8) is 0 Å². The van der Waals surface area contributed by atoms with Crippen LogP contribution in [0.5, 0.6) is 0 Å². The molecule has 3 aromatic heterocycles. The Labute approximate surface area is 165 Å². The minimum Gasteiger partial charge on any atom is -0.331 e. The molecular formula is C20H19BrN6. The van der Waals surface area contributed by atoms with E-state index in [0.717, 1.165) is 38.9 Å². The van der Waals surface area contributed by atoms with E-state index in [0.29, 0.717) is 12.4 Å². The molecule has 6 nitrogen and oxygen atoms in total. The Hall–Kier alpha value is -2.61. The molecule has 0 saturated carbocycles. The van der Waals surface area contributed by atoms with E-state index in [-0.39, 0.29) is 0 Å². The van der Waals surface area contributed by atoms with Crippen LogP contribution < -0.4 is 11.5 Å². The van der Waals surface area contributed by atoms with Crippen molar-refractivity contribution in [1.82, 2.24) is 19.5 Å². The van der Waals surface area contributed by atoms with E-state index in [4.69, 9.17) is 16.5 Å². The van der Waals surface area contributed by atoms with E-state index in [1.807, 2.05) is 53.2 Å². The monoisotopic (exact) mass is 422 g/mol. The first-order valence-corrected chi connectivity index (χ1v) is 9.45. The summed E-state index contributed by atoms with van der Waals surface area (Å²) in [5.74, 6) is 0.581. The van der Waals surface area contributed by atoms with Crippen LogP contribution in [0.25, 0.3) is 22.3 Å². The number of nitrogens with zero attached hydrogens (tertiary/aromatic N) is 4. The van der Waals surface area contributed by atoms with E-state index in [2.05, 4.69) is 25.9 Å². The third kappa shape index (κ3) is 3.49. The Balaban J connectivity index is 1.76. The van der Waals surface area contributed by atoms with Gasteiger partial charge in [0.2, 0.25) is 0 Å². The van der Waals surface area contributed by atoms with Crippen molar-refractivity contribution >= 4 is 27.0 Å². The van der Waals surface area contributed by atoms with Crippen molar-refractivity contribution in [2.75, 3.05) is 6.54 Å². The van der Waals surface area contributed by atoms with Crippen LogP contribution >= 0.6 is 15.9 Å². The lowest BCUT2D eigenvalue weighted by atomic mass is 10.1. The van der Waals surface area contributed by atoms with Crippen molar-refractivity contribution in [2.45, 2.75) is 12.6 Å². The first-order valence-electron chi connectivity index (χ1n) is 8.65. The summed E-state index contributed by atoms with van der Waals surface area (Å²) in [6.45, 7) is 1.29. The van der Waals surface area contributed by atoms with Crippen LogP contribution in [0.15, 0.2) is 65.5 Å². The van der Waals surface area contributed by atoms with E-state index in [1.54, 1.807) is 12.4 Å². The molecule has 0 radical (unpaired) electrons. The Morgan fingerprint density at radius 3 is 2.74 bits per heavy atom. The highest BCUT2D eigenvalue weighted by Gasteiger charge is 2.15. The third-order valence-electron chi connectivity index (χ3n) is 4.47. The van der Waals surface area contributed by atoms with E-state index in [9.17, 15) is 0 Å². The maximum Gasteiger partial charge on any atom is 0.150 e. The van der Waals surface area contributed by atoms with Crippen molar-refractivity contribution < 1.29 is 0 Å². The second-order valence-corrected chi connectivity index (χ2v) is 7.14. The Morgan fingerprint density at radius 2 is 1.93 bits per heavy atom. The third-order valence-corrected chi connectivity index (χ3v) is 4.96. The highest BCUT2D eigenvalue weighted by molar-refractivity contribution is 9.10. The summed E-state index contributed by atoms with van der Waals surface area (Å²) in [7, 11) is 0. The fourth-order valence-corrected chi connectivity index (χ4v) is 3.57. The number of rotatable bonds is 5. The maximum atomic E-state index is 6.41. The summed E-state index contributed by atoms with van der Waals surface area (Å²) in [5.41, 5.74) is 15.8. The number of hydrogen-bond acceptors (Lipinski definition) is 5. The maximum absolute atomic E-state index is 6.41. The van der Waals surface area contributed by atoms with Crippen LogP contribution in [0.3, 0.4) is 0 Å². The van der Waals surface area contributed by atoms with Gasteiger partial charge in [0.1, 0.15) is 11.5 Å². The van der Waals surface area contributed by atoms with Gasteiger partial charge in [-0.1, -0.05) is 28.1 Å². The molecule has 136 valence electrons. The molecule has 0 amide bonds. The topological polar surface area (TPSA) is 95.6 Å². The van der Waals surface area contributed by atoms with E-state index < -0.39 is 6.04 Å². The molecule has 0 aliphatic rings. The van der Waals surface area contributed by atoms with Gasteiger partial charge in [-0.15, -0.1) is 0 Å². The van der Waals surface area contributed by atoms with Gasteiger partial charge in [-0.25, -0.2) is 15.0 Å².